The van der Waals surface area contributed by atoms with E-state index in [0.717, 1.165) is 20.7 Å². The van der Waals surface area contributed by atoms with Crippen LogP contribution in [0.5, 0.6) is 0 Å². The first kappa shape index (κ1) is 12.6. The summed E-state index contributed by atoms with van der Waals surface area (Å²) in [6.45, 7) is 11.5. The van der Waals surface area contributed by atoms with Gasteiger partial charge in [-0.25, -0.2) is 0 Å². The molecule has 72 valence electrons. The highest BCUT2D eigenvalue weighted by Gasteiger charge is 1.94. The van der Waals surface area contributed by atoms with Gasteiger partial charge in [0.1, 0.15) is 0 Å². The van der Waals surface area contributed by atoms with Gasteiger partial charge in [-0.2, -0.15) is 0 Å². The Labute approximate surface area is 93.7 Å². The zero-order valence-corrected chi connectivity index (χ0v) is 10.7. The van der Waals surface area contributed by atoms with Crippen LogP contribution in [0.3, 0.4) is 0 Å². The van der Waals surface area contributed by atoms with E-state index in [1.807, 2.05) is 27.7 Å². The molecule has 0 aliphatic rings. The lowest BCUT2D eigenvalue weighted by Crippen LogP contribution is -1.88. The molecular formula is C10H15IN2. The minimum atomic E-state index is 0.791. The van der Waals surface area contributed by atoms with Crippen LogP contribution in [0.15, 0.2) is 31.5 Å². The first-order valence-corrected chi connectivity index (χ1v) is 5.09. The SMILES string of the molecule is C=C(C)N=C/C(N=C(C)C)=C(\C)I. The summed E-state index contributed by atoms with van der Waals surface area (Å²) < 4.78 is 1.13. The predicted molar refractivity (Wildman–Crippen MR) is 68.8 cm³/mol. The third kappa shape index (κ3) is 6.69. The molecule has 2 nitrogen and oxygen atoms in total. The third-order valence-electron chi connectivity index (χ3n) is 1.10. The lowest BCUT2D eigenvalue weighted by molar-refractivity contribution is 1.31. The van der Waals surface area contributed by atoms with Crippen molar-refractivity contribution in [1.29, 1.82) is 0 Å². The molecule has 0 spiro atoms. The lowest BCUT2D eigenvalue weighted by Gasteiger charge is -1.97. The maximum Gasteiger partial charge on any atom is 0.0901 e. The van der Waals surface area contributed by atoms with Gasteiger partial charge in [-0.3, -0.25) is 9.98 Å². The lowest BCUT2D eigenvalue weighted by atomic mass is 10.4. The first-order chi connectivity index (χ1) is 5.93. The van der Waals surface area contributed by atoms with Crippen LogP contribution < -0.4 is 0 Å². The molecule has 0 saturated carbocycles. The summed E-state index contributed by atoms with van der Waals surface area (Å²) in [5.74, 6) is 0. The number of hydrogen-bond donors (Lipinski definition) is 0. The van der Waals surface area contributed by atoms with Crippen LogP contribution in [-0.2, 0) is 0 Å². The number of halogens is 1. The fraction of sp³-hybridized carbons (Fsp3) is 0.400. The van der Waals surface area contributed by atoms with Crippen LogP contribution in [0.4, 0.5) is 0 Å². The molecule has 3 heteroatoms. The predicted octanol–water partition coefficient (Wildman–Crippen LogP) is 3.74. The van der Waals surface area contributed by atoms with Crippen LogP contribution >= 0.6 is 22.6 Å². The smallest absolute Gasteiger partial charge is 0.0901 e. The van der Waals surface area contributed by atoms with E-state index >= 15 is 0 Å². The molecule has 0 unspecified atom stereocenters. The van der Waals surface area contributed by atoms with Crippen LogP contribution in [0.1, 0.15) is 27.7 Å². The van der Waals surface area contributed by atoms with Gasteiger partial charge in [-0.15, -0.1) is 0 Å². The van der Waals surface area contributed by atoms with E-state index in [9.17, 15) is 0 Å². The standard InChI is InChI=1S/C10H15IN2/c1-7(2)12-6-10(9(5)11)13-8(3)4/h6H,1H2,2-5H3/b10-9-,12-6?. The molecule has 0 radical (unpaired) electrons. The number of rotatable bonds is 3. The second-order valence-corrected chi connectivity index (χ2v) is 4.59. The molecule has 0 aromatic carbocycles. The van der Waals surface area contributed by atoms with Gasteiger partial charge in [0.2, 0.25) is 0 Å². The molecule has 0 aromatic heterocycles. The Morgan fingerprint density at radius 1 is 1.23 bits per heavy atom. The van der Waals surface area contributed by atoms with Crippen molar-refractivity contribution >= 4 is 34.5 Å². The molecule has 0 fully saturated rings. The Bertz CT molecular complexity index is 277. The molecule has 0 aliphatic heterocycles. The van der Waals surface area contributed by atoms with E-state index in [1.165, 1.54) is 0 Å². The molecule has 0 atom stereocenters. The molecule has 0 amide bonds. The molecule has 0 N–H and O–H groups in total. The second kappa shape index (κ2) is 6.07. The fourth-order valence-corrected chi connectivity index (χ4v) is 0.867. The molecule has 0 saturated heterocycles. The highest BCUT2D eigenvalue weighted by molar-refractivity contribution is 14.1. The maximum atomic E-state index is 4.35. The van der Waals surface area contributed by atoms with Gasteiger partial charge < -0.3 is 0 Å². The summed E-state index contributed by atoms with van der Waals surface area (Å²) in [4.78, 5) is 8.46. The van der Waals surface area contributed by atoms with Gasteiger partial charge in [0.15, 0.2) is 0 Å². The van der Waals surface area contributed by atoms with Crippen molar-refractivity contribution in [3.63, 3.8) is 0 Å². The summed E-state index contributed by atoms with van der Waals surface area (Å²) >= 11 is 2.24. The zero-order chi connectivity index (χ0) is 10.4. The van der Waals surface area contributed by atoms with E-state index in [1.54, 1.807) is 6.21 Å². The summed E-state index contributed by atoms with van der Waals surface area (Å²) in [5, 5.41) is 0. The Balaban J connectivity index is 4.78. The normalized spacial score (nSPS) is 12.7. The zero-order valence-electron chi connectivity index (χ0n) is 8.56. The molecular weight excluding hydrogens is 275 g/mol. The van der Waals surface area contributed by atoms with E-state index in [0.29, 0.717) is 0 Å². The quantitative estimate of drug-likeness (QED) is 0.559. The highest BCUT2D eigenvalue weighted by Crippen LogP contribution is 2.12. The van der Waals surface area contributed by atoms with Crippen molar-refractivity contribution in [2.45, 2.75) is 27.7 Å². The van der Waals surface area contributed by atoms with Crippen molar-refractivity contribution in [2.75, 3.05) is 0 Å². The largest absolute Gasteiger partial charge is 0.260 e. The van der Waals surface area contributed by atoms with Crippen molar-refractivity contribution in [3.05, 3.63) is 21.6 Å². The molecule has 0 aliphatic carbocycles. The van der Waals surface area contributed by atoms with Crippen molar-refractivity contribution in [3.8, 4) is 0 Å². The van der Waals surface area contributed by atoms with Crippen LogP contribution in [0.2, 0.25) is 0 Å². The van der Waals surface area contributed by atoms with Crippen LogP contribution in [0.25, 0.3) is 0 Å². The van der Waals surface area contributed by atoms with Crippen molar-refractivity contribution in [2.24, 2.45) is 9.98 Å². The van der Waals surface area contributed by atoms with E-state index in [4.69, 9.17) is 0 Å². The van der Waals surface area contributed by atoms with E-state index in [-0.39, 0.29) is 0 Å². The van der Waals surface area contributed by atoms with Gasteiger partial charge in [-0.1, -0.05) is 6.58 Å². The van der Waals surface area contributed by atoms with E-state index in [2.05, 4.69) is 39.2 Å². The Hall–Kier alpha value is -0.450. The molecule has 0 heterocycles. The van der Waals surface area contributed by atoms with E-state index < -0.39 is 0 Å². The fourth-order valence-electron chi connectivity index (χ4n) is 0.607. The van der Waals surface area contributed by atoms with Crippen molar-refractivity contribution in [1.82, 2.24) is 0 Å². The molecule has 0 aromatic rings. The topological polar surface area (TPSA) is 24.7 Å². The van der Waals surface area contributed by atoms with Gasteiger partial charge in [-0.05, 0) is 50.3 Å². The van der Waals surface area contributed by atoms with Gasteiger partial charge in [0, 0.05) is 15.0 Å². The maximum absolute atomic E-state index is 4.35. The van der Waals surface area contributed by atoms with Gasteiger partial charge >= 0.3 is 0 Å². The Morgan fingerprint density at radius 3 is 2.08 bits per heavy atom. The first-order valence-electron chi connectivity index (χ1n) is 4.01. The van der Waals surface area contributed by atoms with Crippen molar-refractivity contribution < 1.29 is 0 Å². The van der Waals surface area contributed by atoms with Crippen LogP contribution in [-0.4, -0.2) is 11.9 Å². The summed E-state index contributed by atoms with van der Waals surface area (Å²) in [6, 6.07) is 0. The molecule has 0 rings (SSSR count). The second-order valence-electron chi connectivity index (χ2n) is 2.97. The minimum absolute atomic E-state index is 0.791. The highest BCUT2D eigenvalue weighted by atomic mass is 127. The number of aliphatic imine (C=N–C) groups is 2. The number of allylic oxidation sites excluding steroid dienone is 3. The van der Waals surface area contributed by atoms with Crippen LogP contribution in [0, 0.1) is 0 Å². The number of hydrogen-bond acceptors (Lipinski definition) is 2. The summed E-state index contributed by atoms with van der Waals surface area (Å²) in [7, 11) is 0. The Morgan fingerprint density at radius 2 is 1.77 bits per heavy atom. The average Bonchev–Trinajstić information content (AvgIpc) is 1.96. The summed E-state index contributed by atoms with van der Waals surface area (Å²) in [5.41, 5.74) is 2.72. The molecule has 13 heavy (non-hydrogen) atoms. The molecule has 0 bridgehead atoms. The third-order valence-corrected chi connectivity index (χ3v) is 1.66. The number of nitrogens with zero attached hydrogens (tertiary/aromatic N) is 2. The van der Waals surface area contributed by atoms with Gasteiger partial charge in [0.25, 0.3) is 0 Å². The van der Waals surface area contributed by atoms with Gasteiger partial charge in [0.05, 0.1) is 11.9 Å². The summed E-state index contributed by atoms with van der Waals surface area (Å²) in [6.07, 6.45) is 1.75. The minimum Gasteiger partial charge on any atom is -0.260 e. The average molecular weight is 290 g/mol. The Kier molecular flexibility index (Phi) is 5.86. The monoisotopic (exact) mass is 290 g/mol.